The van der Waals surface area contributed by atoms with Crippen LogP contribution in [0.15, 0.2) is 12.2 Å². The summed E-state index contributed by atoms with van der Waals surface area (Å²) in [5.41, 5.74) is 0. The van der Waals surface area contributed by atoms with Gasteiger partial charge in [-0.2, -0.15) is 0 Å². The van der Waals surface area contributed by atoms with Gasteiger partial charge in [-0.25, -0.2) is 4.89 Å². The molecule has 5 atom stereocenters. The number of hydrogen-bond acceptors (Lipinski definition) is 6. The number of unbranched alkanes of at least 4 members (excludes halogenated alkanes) is 5. The molecule has 1 unspecified atom stereocenters. The van der Waals surface area contributed by atoms with E-state index in [1.165, 1.54) is 25.7 Å². The molecule has 1 saturated carbocycles. The SMILES string of the molecule is CCCCCCCC1(CC[C@@H]2[C@@H](C/C=C\CCCC(OO)C(C)C)[C@@H](O)C[C@H]2O)OCCO1. The van der Waals surface area contributed by atoms with Gasteiger partial charge in [0.2, 0.25) is 0 Å². The highest BCUT2D eigenvalue weighted by Gasteiger charge is 2.43. The molecule has 2 fully saturated rings. The molecular weight excluding hydrogens is 420 g/mol. The fourth-order valence-electron chi connectivity index (χ4n) is 5.52. The molecule has 0 bridgehead atoms. The van der Waals surface area contributed by atoms with Crippen LogP contribution in [0.4, 0.5) is 0 Å². The molecule has 0 aromatic carbocycles. The van der Waals surface area contributed by atoms with Crippen molar-refractivity contribution in [3.63, 3.8) is 0 Å². The lowest BCUT2D eigenvalue weighted by Gasteiger charge is -2.31. The van der Waals surface area contributed by atoms with Crippen molar-refractivity contribution in [1.82, 2.24) is 0 Å². The van der Waals surface area contributed by atoms with Crippen LogP contribution in [0.1, 0.15) is 104 Å². The first-order valence-corrected chi connectivity index (χ1v) is 13.5. The molecule has 0 aromatic heterocycles. The normalized spacial score (nSPS) is 28.3. The maximum Gasteiger partial charge on any atom is 0.168 e. The lowest BCUT2D eigenvalue weighted by Crippen LogP contribution is -2.33. The van der Waals surface area contributed by atoms with E-state index < -0.39 is 18.0 Å². The van der Waals surface area contributed by atoms with E-state index in [2.05, 4.69) is 24.0 Å². The number of rotatable bonds is 17. The minimum atomic E-state index is -0.498. The minimum Gasteiger partial charge on any atom is -0.393 e. The molecule has 0 radical (unpaired) electrons. The Bertz CT molecular complexity index is 531. The minimum absolute atomic E-state index is 0.0718. The quantitative estimate of drug-likeness (QED) is 0.107. The van der Waals surface area contributed by atoms with Gasteiger partial charge < -0.3 is 19.7 Å². The van der Waals surface area contributed by atoms with E-state index in [0.29, 0.717) is 25.6 Å². The van der Waals surface area contributed by atoms with Crippen LogP contribution in [0.5, 0.6) is 0 Å². The summed E-state index contributed by atoms with van der Waals surface area (Å²) < 4.78 is 12.1. The van der Waals surface area contributed by atoms with Gasteiger partial charge >= 0.3 is 0 Å². The third-order valence-electron chi connectivity index (χ3n) is 7.67. The molecule has 2 rings (SSSR count). The molecule has 1 heterocycles. The Balaban J connectivity index is 1.79. The third kappa shape index (κ3) is 9.58. The average molecular weight is 471 g/mol. The molecule has 3 N–H and O–H groups in total. The van der Waals surface area contributed by atoms with Crippen LogP contribution in [0.2, 0.25) is 0 Å². The molecule has 6 nitrogen and oxygen atoms in total. The molecule has 2 aliphatic rings. The van der Waals surface area contributed by atoms with Gasteiger partial charge in [-0.05, 0) is 62.7 Å². The van der Waals surface area contributed by atoms with E-state index >= 15 is 0 Å². The molecule has 0 amide bonds. The standard InChI is InChI=1S/C27H50O6/c1-4-5-6-9-12-16-27(31-18-19-32-27)17-15-23-22(24(28)20-25(23)29)13-10-7-8-11-14-26(33-30)21(2)3/h7,10,21-26,28-30H,4-6,8-9,11-20H2,1-3H3/b10-7-/t22-,23-,24+,25-,26?/m1/s1. The molecule has 194 valence electrons. The molecule has 0 aromatic rings. The maximum atomic E-state index is 10.6. The van der Waals surface area contributed by atoms with Crippen LogP contribution in [0.3, 0.4) is 0 Å². The third-order valence-corrected chi connectivity index (χ3v) is 7.67. The monoisotopic (exact) mass is 470 g/mol. The van der Waals surface area contributed by atoms with E-state index in [-0.39, 0.29) is 17.9 Å². The Hall–Kier alpha value is -0.500. The molecule has 6 heteroatoms. The number of hydrogen-bond donors (Lipinski definition) is 3. The predicted octanol–water partition coefficient (Wildman–Crippen LogP) is 5.86. The van der Waals surface area contributed by atoms with Gasteiger partial charge in [0.25, 0.3) is 0 Å². The predicted molar refractivity (Wildman–Crippen MR) is 131 cm³/mol. The van der Waals surface area contributed by atoms with Crippen molar-refractivity contribution in [3.8, 4) is 0 Å². The van der Waals surface area contributed by atoms with E-state index in [4.69, 9.17) is 14.7 Å². The average Bonchev–Trinajstić information content (AvgIpc) is 3.35. The summed E-state index contributed by atoms with van der Waals surface area (Å²) in [6, 6.07) is 0. The van der Waals surface area contributed by atoms with E-state index in [1.54, 1.807) is 0 Å². The van der Waals surface area contributed by atoms with Crippen LogP contribution in [-0.4, -0.2) is 52.8 Å². The summed E-state index contributed by atoms with van der Waals surface area (Å²) in [5, 5.41) is 30.2. The van der Waals surface area contributed by atoms with Crippen molar-refractivity contribution in [1.29, 1.82) is 0 Å². The Labute approximate surface area is 201 Å². The topological polar surface area (TPSA) is 88.4 Å². The molecular formula is C27H50O6. The van der Waals surface area contributed by atoms with Gasteiger partial charge in [0.1, 0.15) is 0 Å². The summed E-state index contributed by atoms with van der Waals surface area (Å²) in [5.74, 6) is -0.0602. The van der Waals surface area contributed by atoms with Crippen molar-refractivity contribution in [3.05, 3.63) is 12.2 Å². The second-order valence-corrected chi connectivity index (χ2v) is 10.5. The highest BCUT2D eigenvalue weighted by Crippen LogP contribution is 2.41. The second-order valence-electron chi connectivity index (χ2n) is 10.5. The highest BCUT2D eigenvalue weighted by atomic mass is 17.1. The fourth-order valence-corrected chi connectivity index (χ4v) is 5.52. The van der Waals surface area contributed by atoms with Gasteiger partial charge in [-0.1, -0.05) is 58.6 Å². The van der Waals surface area contributed by atoms with Crippen LogP contribution >= 0.6 is 0 Å². The summed E-state index contributed by atoms with van der Waals surface area (Å²) in [4.78, 5) is 4.55. The highest BCUT2D eigenvalue weighted by molar-refractivity contribution is 4.97. The zero-order valence-electron chi connectivity index (χ0n) is 21.3. The van der Waals surface area contributed by atoms with E-state index in [1.807, 2.05) is 13.8 Å². The van der Waals surface area contributed by atoms with Gasteiger partial charge in [-0.3, -0.25) is 5.26 Å². The Morgan fingerprint density at radius 1 is 0.939 bits per heavy atom. The van der Waals surface area contributed by atoms with E-state index in [0.717, 1.165) is 51.4 Å². The summed E-state index contributed by atoms with van der Waals surface area (Å²) >= 11 is 0. The van der Waals surface area contributed by atoms with Gasteiger partial charge in [-0.15, -0.1) is 0 Å². The van der Waals surface area contributed by atoms with Crippen LogP contribution in [0, 0.1) is 17.8 Å². The number of aliphatic hydroxyl groups is 2. The van der Waals surface area contributed by atoms with Crippen molar-refractivity contribution < 1.29 is 29.8 Å². The fraction of sp³-hybridized carbons (Fsp3) is 0.926. The molecule has 1 aliphatic carbocycles. The second kappa shape index (κ2) is 15.5. The van der Waals surface area contributed by atoms with Crippen LogP contribution < -0.4 is 0 Å². The Morgan fingerprint density at radius 2 is 1.64 bits per heavy atom. The summed E-state index contributed by atoms with van der Waals surface area (Å²) in [6.45, 7) is 7.61. The number of allylic oxidation sites excluding steroid dienone is 2. The van der Waals surface area contributed by atoms with Crippen molar-refractivity contribution in [2.45, 2.75) is 128 Å². The largest absolute Gasteiger partial charge is 0.393 e. The Kier molecular flexibility index (Phi) is 13.5. The van der Waals surface area contributed by atoms with Gasteiger partial charge in [0, 0.05) is 12.8 Å². The first kappa shape index (κ1) is 28.7. The molecule has 33 heavy (non-hydrogen) atoms. The maximum absolute atomic E-state index is 10.6. The lowest BCUT2D eigenvalue weighted by atomic mass is 9.85. The lowest BCUT2D eigenvalue weighted by molar-refractivity contribution is -0.289. The molecule has 1 saturated heterocycles. The van der Waals surface area contributed by atoms with Crippen LogP contribution in [0.25, 0.3) is 0 Å². The molecule has 1 aliphatic heterocycles. The van der Waals surface area contributed by atoms with Crippen molar-refractivity contribution in [2.75, 3.05) is 13.2 Å². The number of aliphatic hydroxyl groups excluding tert-OH is 2. The van der Waals surface area contributed by atoms with Crippen molar-refractivity contribution in [2.24, 2.45) is 17.8 Å². The smallest absolute Gasteiger partial charge is 0.168 e. The first-order chi connectivity index (χ1) is 15.9. The first-order valence-electron chi connectivity index (χ1n) is 13.5. The summed E-state index contributed by atoms with van der Waals surface area (Å²) in [6.07, 6.45) is 15.8. The molecule has 0 spiro atoms. The zero-order valence-corrected chi connectivity index (χ0v) is 21.3. The van der Waals surface area contributed by atoms with Gasteiger partial charge in [0.15, 0.2) is 5.79 Å². The van der Waals surface area contributed by atoms with E-state index in [9.17, 15) is 10.2 Å². The Morgan fingerprint density at radius 3 is 2.30 bits per heavy atom. The van der Waals surface area contributed by atoms with Crippen molar-refractivity contribution >= 4 is 0 Å². The van der Waals surface area contributed by atoms with Crippen LogP contribution in [-0.2, 0) is 14.4 Å². The zero-order chi connectivity index (χ0) is 24.1. The van der Waals surface area contributed by atoms with Gasteiger partial charge in [0.05, 0.1) is 31.5 Å². The number of ether oxygens (including phenoxy) is 2. The summed E-state index contributed by atoms with van der Waals surface area (Å²) in [7, 11) is 0.